The van der Waals surface area contributed by atoms with Crippen molar-refractivity contribution in [3.05, 3.63) is 53.2 Å². The van der Waals surface area contributed by atoms with Crippen LogP contribution in [0.25, 0.3) is 0 Å². The molecule has 0 aliphatic carbocycles. The minimum atomic E-state index is -4.29. The summed E-state index contributed by atoms with van der Waals surface area (Å²) in [6.45, 7) is 1.57. The molecule has 0 spiro atoms. The zero-order valence-corrected chi connectivity index (χ0v) is 16.0. The van der Waals surface area contributed by atoms with E-state index in [2.05, 4.69) is 15.6 Å². The van der Waals surface area contributed by atoms with Crippen LogP contribution >= 0.6 is 0 Å². The van der Waals surface area contributed by atoms with E-state index in [1.807, 2.05) is 13.0 Å². The highest BCUT2D eigenvalue weighted by Gasteiger charge is 2.30. The number of nitrogens with zero attached hydrogens (tertiary/aromatic N) is 3. The van der Waals surface area contributed by atoms with E-state index in [9.17, 15) is 22.8 Å². The van der Waals surface area contributed by atoms with Crippen molar-refractivity contribution >= 4 is 23.4 Å². The zero-order valence-electron chi connectivity index (χ0n) is 16.0. The molecule has 1 atom stereocenters. The van der Waals surface area contributed by atoms with E-state index in [4.69, 9.17) is 5.26 Å². The Bertz CT molecular complexity index is 999. The molecule has 30 heavy (non-hydrogen) atoms. The number of amides is 3. The second-order valence-electron chi connectivity index (χ2n) is 6.79. The molecule has 1 aliphatic heterocycles. The maximum absolute atomic E-state index is 12.8. The van der Waals surface area contributed by atoms with E-state index < -0.39 is 30.6 Å². The van der Waals surface area contributed by atoms with E-state index in [-0.39, 0.29) is 29.2 Å². The fourth-order valence-corrected chi connectivity index (χ4v) is 3.15. The number of hydrogen-bond donors (Lipinski definition) is 2. The molecule has 156 valence electrons. The maximum atomic E-state index is 12.8. The number of alkyl halides is 3. The topological polar surface area (TPSA) is 98.1 Å². The monoisotopic (exact) mass is 417 g/mol. The summed E-state index contributed by atoms with van der Waals surface area (Å²) < 4.78 is 37.6. The highest BCUT2D eigenvalue weighted by molar-refractivity contribution is 6.08. The first-order chi connectivity index (χ1) is 14.2. The number of rotatable bonds is 4. The Morgan fingerprint density at radius 2 is 2.07 bits per heavy atom. The molecule has 1 aromatic heterocycles. The lowest BCUT2D eigenvalue weighted by atomic mass is 10.0. The Labute approximate surface area is 170 Å². The molecular weight excluding hydrogens is 399 g/mol. The first kappa shape index (κ1) is 21.1. The van der Waals surface area contributed by atoms with Crippen LogP contribution in [0.4, 0.5) is 29.5 Å². The molecule has 2 heterocycles. The van der Waals surface area contributed by atoms with Crippen molar-refractivity contribution in [1.29, 1.82) is 5.26 Å². The van der Waals surface area contributed by atoms with Crippen molar-refractivity contribution in [1.82, 2.24) is 10.3 Å². The quantitative estimate of drug-likeness (QED) is 0.793. The van der Waals surface area contributed by atoms with Gasteiger partial charge in [-0.1, -0.05) is 31.2 Å². The van der Waals surface area contributed by atoms with Gasteiger partial charge in [0.05, 0.1) is 23.7 Å². The molecule has 2 aromatic rings. The first-order valence-electron chi connectivity index (χ1n) is 9.13. The SMILES string of the molecule is CCC(NC(=O)N1CC(=O)Nc2cc(C#N)cnc21)c1ccc(CC(F)(F)F)cc1. The van der Waals surface area contributed by atoms with Crippen molar-refractivity contribution < 1.29 is 22.8 Å². The molecule has 0 saturated heterocycles. The molecule has 1 aliphatic rings. The van der Waals surface area contributed by atoms with Crippen LogP contribution in [0.1, 0.15) is 36.1 Å². The maximum Gasteiger partial charge on any atom is 0.393 e. The summed E-state index contributed by atoms with van der Waals surface area (Å²) in [4.78, 5) is 30.1. The van der Waals surface area contributed by atoms with E-state index in [1.165, 1.54) is 24.4 Å². The van der Waals surface area contributed by atoms with Crippen LogP contribution < -0.4 is 15.5 Å². The number of nitriles is 1. The van der Waals surface area contributed by atoms with E-state index >= 15 is 0 Å². The van der Waals surface area contributed by atoms with Gasteiger partial charge in [-0.2, -0.15) is 18.4 Å². The second-order valence-corrected chi connectivity index (χ2v) is 6.79. The summed E-state index contributed by atoms with van der Waals surface area (Å²) in [5.74, 6) is -0.222. The Morgan fingerprint density at radius 1 is 1.37 bits per heavy atom. The average molecular weight is 417 g/mol. The van der Waals surface area contributed by atoms with Gasteiger partial charge in [-0.15, -0.1) is 0 Å². The third-order valence-corrected chi connectivity index (χ3v) is 4.57. The lowest BCUT2D eigenvalue weighted by Crippen LogP contribution is -2.48. The smallest absolute Gasteiger partial charge is 0.331 e. The van der Waals surface area contributed by atoms with E-state index in [1.54, 1.807) is 12.1 Å². The molecular formula is C20H18F3N5O2. The lowest BCUT2D eigenvalue weighted by molar-refractivity contribution is -0.127. The number of benzene rings is 1. The predicted molar refractivity (Wildman–Crippen MR) is 103 cm³/mol. The Morgan fingerprint density at radius 3 is 2.67 bits per heavy atom. The molecule has 0 bridgehead atoms. The Balaban J connectivity index is 1.77. The number of nitrogens with one attached hydrogen (secondary N) is 2. The fraction of sp³-hybridized carbons (Fsp3) is 0.300. The number of halogens is 3. The molecule has 1 aromatic carbocycles. The van der Waals surface area contributed by atoms with Crippen LogP contribution in [0, 0.1) is 11.3 Å². The summed E-state index contributed by atoms with van der Waals surface area (Å²) in [6, 6.07) is 8.15. The standard InChI is InChI=1S/C20H18F3N5O2/c1-2-15(14-5-3-12(4-6-14)8-20(21,22)23)27-19(30)28-11-17(29)26-16-7-13(9-24)10-25-18(16)28/h3-7,10,15H,2,8,11H2,1H3,(H,26,29)(H,27,30). The summed E-state index contributed by atoms with van der Waals surface area (Å²) in [5, 5.41) is 14.3. The van der Waals surface area contributed by atoms with Crippen LogP contribution in [0.5, 0.6) is 0 Å². The molecule has 10 heteroatoms. The van der Waals surface area contributed by atoms with Crippen LogP contribution in [-0.4, -0.2) is 29.6 Å². The van der Waals surface area contributed by atoms with Crippen LogP contribution in [0.15, 0.2) is 36.5 Å². The highest BCUT2D eigenvalue weighted by Crippen LogP contribution is 2.29. The minimum absolute atomic E-state index is 0.131. The van der Waals surface area contributed by atoms with Crippen molar-refractivity contribution in [2.24, 2.45) is 0 Å². The number of fused-ring (bicyclic) bond motifs is 1. The van der Waals surface area contributed by atoms with Gasteiger partial charge < -0.3 is 10.6 Å². The summed E-state index contributed by atoms with van der Waals surface area (Å²) in [5.41, 5.74) is 1.27. The molecule has 7 nitrogen and oxygen atoms in total. The molecule has 0 fully saturated rings. The molecule has 1 unspecified atom stereocenters. The summed E-state index contributed by atoms with van der Waals surface area (Å²) in [6.07, 6.45) is -3.53. The average Bonchev–Trinajstić information content (AvgIpc) is 2.70. The normalized spacial score (nSPS) is 14.4. The number of urea groups is 1. The number of anilines is 2. The van der Waals surface area contributed by atoms with Crippen LogP contribution in [0.3, 0.4) is 0 Å². The third kappa shape index (κ3) is 4.86. The molecule has 3 amide bonds. The number of hydrogen-bond acceptors (Lipinski definition) is 4. The second kappa shape index (κ2) is 8.41. The Kier molecular flexibility index (Phi) is 5.91. The van der Waals surface area contributed by atoms with E-state index in [0.29, 0.717) is 12.0 Å². The molecule has 0 saturated carbocycles. The third-order valence-electron chi connectivity index (χ3n) is 4.57. The van der Waals surface area contributed by atoms with Crippen molar-refractivity contribution in [2.45, 2.75) is 32.0 Å². The van der Waals surface area contributed by atoms with Gasteiger partial charge >= 0.3 is 12.2 Å². The van der Waals surface area contributed by atoms with E-state index in [0.717, 1.165) is 4.90 Å². The van der Waals surface area contributed by atoms with Gasteiger partial charge in [-0.05, 0) is 23.6 Å². The number of aromatic nitrogens is 1. The zero-order chi connectivity index (χ0) is 21.9. The van der Waals surface area contributed by atoms with Crippen molar-refractivity contribution in [3.8, 4) is 6.07 Å². The number of pyridine rings is 1. The van der Waals surface area contributed by atoms with Gasteiger partial charge in [0.15, 0.2) is 5.82 Å². The van der Waals surface area contributed by atoms with Crippen LogP contribution in [0.2, 0.25) is 0 Å². The van der Waals surface area contributed by atoms with Gasteiger partial charge in [0, 0.05) is 6.20 Å². The predicted octanol–water partition coefficient (Wildman–Crippen LogP) is 3.68. The molecule has 0 radical (unpaired) electrons. The number of carbonyl (C=O) groups is 2. The minimum Gasteiger partial charge on any atom is -0.331 e. The van der Waals surface area contributed by atoms with Gasteiger partial charge in [-0.25, -0.2) is 9.78 Å². The molecule has 3 rings (SSSR count). The van der Waals surface area contributed by atoms with Crippen molar-refractivity contribution in [3.63, 3.8) is 0 Å². The van der Waals surface area contributed by atoms with Gasteiger partial charge in [0.2, 0.25) is 5.91 Å². The Hall–Kier alpha value is -3.61. The van der Waals surface area contributed by atoms with Gasteiger partial charge in [0.1, 0.15) is 12.6 Å². The number of carbonyl (C=O) groups excluding carboxylic acids is 2. The first-order valence-corrected chi connectivity index (χ1v) is 9.13. The van der Waals surface area contributed by atoms with Gasteiger partial charge in [-0.3, -0.25) is 9.69 Å². The van der Waals surface area contributed by atoms with Crippen LogP contribution in [-0.2, 0) is 11.2 Å². The fourth-order valence-electron chi connectivity index (χ4n) is 3.15. The summed E-state index contributed by atoms with van der Waals surface area (Å²) in [7, 11) is 0. The van der Waals surface area contributed by atoms with Gasteiger partial charge in [0.25, 0.3) is 0 Å². The lowest BCUT2D eigenvalue weighted by Gasteiger charge is -2.30. The summed E-state index contributed by atoms with van der Waals surface area (Å²) >= 11 is 0. The largest absolute Gasteiger partial charge is 0.393 e. The highest BCUT2D eigenvalue weighted by atomic mass is 19.4. The van der Waals surface area contributed by atoms with Crippen molar-refractivity contribution in [2.75, 3.05) is 16.8 Å². The molecule has 2 N–H and O–H groups in total.